The second-order valence-electron chi connectivity index (χ2n) is 6.76. The molecule has 1 fully saturated rings. The maximum Gasteiger partial charge on any atom is 0.227 e. The Labute approximate surface area is 125 Å². The van der Waals surface area contributed by atoms with E-state index in [1.54, 1.807) is 0 Å². The second-order valence-corrected chi connectivity index (χ2v) is 6.76. The van der Waals surface area contributed by atoms with Gasteiger partial charge in [0.25, 0.3) is 0 Å². The van der Waals surface area contributed by atoms with Gasteiger partial charge in [-0.25, -0.2) is 0 Å². The standard InChI is InChI=1S/C15H26N4O2/c1-11(20)18-14(2,3)13-17-12(21-19-13)9-15(10-16)7-5-4-6-8-15/h4-10,16H2,1-3H3,(H,18,20). The van der Waals surface area contributed by atoms with Crippen molar-refractivity contribution in [3.63, 3.8) is 0 Å². The van der Waals surface area contributed by atoms with E-state index in [0.717, 1.165) is 19.3 Å². The summed E-state index contributed by atoms with van der Waals surface area (Å²) < 4.78 is 5.39. The number of carbonyl (C=O) groups is 1. The van der Waals surface area contributed by atoms with Crippen LogP contribution >= 0.6 is 0 Å². The van der Waals surface area contributed by atoms with E-state index in [4.69, 9.17) is 10.3 Å². The van der Waals surface area contributed by atoms with Gasteiger partial charge in [0.05, 0.1) is 5.54 Å². The van der Waals surface area contributed by atoms with Crippen LogP contribution in [0.5, 0.6) is 0 Å². The van der Waals surface area contributed by atoms with Gasteiger partial charge in [-0.15, -0.1) is 0 Å². The van der Waals surface area contributed by atoms with Crippen LogP contribution in [0.25, 0.3) is 0 Å². The van der Waals surface area contributed by atoms with Crippen LogP contribution in [0.3, 0.4) is 0 Å². The van der Waals surface area contributed by atoms with Crippen LogP contribution in [0.4, 0.5) is 0 Å². The van der Waals surface area contributed by atoms with Crippen molar-refractivity contribution in [2.75, 3.05) is 6.54 Å². The lowest BCUT2D eigenvalue weighted by Gasteiger charge is -2.35. The first-order valence-corrected chi connectivity index (χ1v) is 7.69. The Balaban J connectivity index is 2.10. The van der Waals surface area contributed by atoms with Crippen LogP contribution < -0.4 is 11.1 Å². The molecule has 6 nitrogen and oxygen atoms in total. The lowest BCUT2D eigenvalue weighted by atomic mass is 9.72. The minimum Gasteiger partial charge on any atom is -0.344 e. The molecule has 1 aliphatic carbocycles. The summed E-state index contributed by atoms with van der Waals surface area (Å²) >= 11 is 0. The van der Waals surface area contributed by atoms with Gasteiger partial charge in [-0.1, -0.05) is 24.4 Å². The van der Waals surface area contributed by atoms with Gasteiger partial charge in [-0.05, 0) is 38.6 Å². The third-order valence-corrected chi connectivity index (χ3v) is 4.39. The van der Waals surface area contributed by atoms with Crippen molar-refractivity contribution >= 4 is 5.91 Å². The number of nitrogens with one attached hydrogen (secondary N) is 1. The van der Waals surface area contributed by atoms with Crippen LogP contribution in [-0.2, 0) is 16.8 Å². The van der Waals surface area contributed by atoms with E-state index in [9.17, 15) is 4.79 Å². The Hall–Kier alpha value is -1.43. The van der Waals surface area contributed by atoms with Crippen LogP contribution in [0.1, 0.15) is 64.6 Å². The molecule has 1 aliphatic rings. The lowest BCUT2D eigenvalue weighted by Crippen LogP contribution is -2.40. The summed E-state index contributed by atoms with van der Waals surface area (Å²) in [5.74, 6) is 1.02. The van der Waals surface area contributed by atoms with Gasteiger partial charge in [0, 0.05) is 13.3 Å². The molecule has 0 unspecified atom stereocenters. The predicted molar refractivity (Wildman–Crippen MR) is 79.4 cm³/mol. The molecule has 0 aliphatic heterocycles. The first-order chi connectivity index (χ1) is 9.87. The Morgan fingerprint density at radius 1 is 1.38 bits per heavy atom. The largest absolute Gasteiger partial charge is 0.344 e. The molecule has 0 atom stereocenters. The van der Waals surface area contributed by atoms with E-state index in [1.807, 2.05) is 13.8 Å². The number of aromatic nitrogens is 2. The number of hydrogen-bond donors (Lipinski definition) is 2. The highest BCUT2D eigenvalue weighted by atomic mass is 16.5. The number of rotatable bonds is 5. The van der Waals surface area contributed by atoms with Crippen molar-refractivity contribution in [3.8, 4) is 0 Å². The molecular formula is C15H26N4O2. The van der Waals surface area contributed by atoms with Crippen LogP contribution in [0.2, 0.25) is 0 Å². The minimum absolute atomic E-state index is 0.0974. The zero-order chi connectivity index (χ0) is 15.5. The second kappa shape index (κ2) is 6.13. The van der Waals surface area contributed by atoms with Gasteiger partial charge in [-0.3, -0.25) is 4.79 Å². The van der Waals surface area contributed by atoms with Crippen molar-refractivity contribution < 1.29 is 9.32 Å². The monoisotopic (exact) mass is 294 g/mol. The Morgan fingerprint density at radius 3 is 2.62 bits per heavy atom. The van der Waals surface area contributed by atoms with E-state index in [0.29, 0.717) is 18.3 Å². The van der Waals surface area contributed by atoms with Gasteiger partial charge in [0.15, 0.2) is 5.82 Å². The van der Waals surface area contributed by atoms with E-state index in [2.05, 4.69) is 15.5 Å². The maximum absolute atomic E-state index is 11.2. The summed E-state index contributed by atoms with van der Waals surface area (Å²) in [5, 5.41) is 6.86. The molecule has 0 bridgehead atoms. The highest BCUT2D eigenvalue weighted by Gasteiger charge is 2.34. The summed E-state index contributed by atoms with van der Waals surface area (Å²) in [6, 6.07) is 0. The molecule has 0 radical (unpaired) electrons. The summed E-state index contributed by atoms with van der Waals surface area (Å²) in [6.45, 7) is 5.86. The van der Waals surface area contributed by atoms with E-state index < -0.39 is 5.54 Å². The topological polar surface area (TPSA) is 94.0 Å². The molecule has 1 amide bonds. The Bertz CT molecular complexity index is 490. The molecule has 1 heterocycles. The molecule has 0 aromatic carbocycles. The van der Waals surface area contributed by atoms with Crippen LogP contribution in [0.15, 0.2) is 4.52 Å². The smallest absolute Gasteiger partial charge is 0.227 e. The molecule has 2 rings (SSSR count). The number of hydrogen-bond acceptors (Lipinski definition) is 5. The number of nitrogens with two attached hydrogens (primary N) is 1. The average Bonchev–Trinajstić information content (AvgIpc) is 2.87. The number of nitrogens with zero attached hydrogens (tertiary/aromatic N) is 2. The van der Waals surface area contributed by atoms with Gasteiger partial charge < -0.3 is 15.6 Å². The quantitative estimate of drug-likeness (QED) is 0.865. The normalized spacial score (nSPS) is 18.5. The molecule has 0 spiro atoms. The van der Waals surface area contributed by atoms with Crippen molar-refractivity contribution in [1.82, 2.24) is 15.5 Å². The molecule has 3 N–H and O–H groups in total. The van der Waals surface area contributed by atoms with Gasteiger partial charge in [0.1, 0.15) is 0 Å². The molecule has 0 saturated heterocycles. The fourth-order valence-electron chi connectivity index (χ4n) is 3.15. The van der Waals surface area contributed by atoms with E-state index in [-0.39, 0.29) is 11.3 Å². The first kappa shape index (κ1) is 15.9. The van der Waals surface area contributed by atoms with Crippen LogP contribution in [0, 0.1) is 5.41 Å². The maximum atomic E-state index is 11.2. The van der Waals surface area contributed by atoms with Crippen molar-refractivity contribution in [2.45, 2.75) is 64.8 Å². The van der Waals surface area contributed by atoms with Crippen molar-refractivity contribution in [2.24, 2.45) is 11.1 Å². The minimum atomic E-state index is -0.629. The lowest BCUT2D eigenvalue weighted by molar-refractivity contribution is -0.120. The van der Waals surface area contributed by atoms with Crippen molar-refractivity contribution in [1.29, 1.82) is 0 Å². The predicted octanol–water partition coefficient (Wildman–Crippen LogP) is 1.89. The molecular weight excluding hydrogens is 268 g/mol. The third-order valence-electron chi connectivity index (χ3n) is 4.39. The Kier molecular flexibility index (Phi) is 4.66. The van der Waals surface area contributed by atoms with Gasteiger partial charge >= 0.3 is 0 Å². The fourth-order valence-corrected chi connectivity index (χ4v) is 3.15. The third kappa shape index (κ3) is 3.81. The highest BCUT2D eigenvalue weighted by molar-refractivity contribution is 5.73. The van der Waals surface area contributed by atoms with Gasteiger partial charge in [-0.2, -0.15) is 4.98 Å². The van der Waals surface area contributed by atoms with Gasteiger partial charge in [0.2, 0.25) is 11.8 Å². The molecule has 21 heavy (non-hydrogen) atoms. The Morgan fingerprint density at radius 2 is 2.05 bits per heavy atom. The number of carbonyl (C=O) groups excluding carboxylic acids is 1. The highest BCUT2D eigenvalue weighted by Crippen LogP contribution is 2.38. The summed E-state index contributed by atoms with van der Waals surface area (Å²) in [7, 11) is 0. The zero-order valence-corrected chi connectivity index (χ0v) is 13.2. The van der Waals surface area contributed by atoms with Crippen molar-refractivity contribution in [3.05, 3.63) is 11.7 Å². The average molecular weight is 294 g/mol. The summed E-state index contributed by atoms with van der Waals surface area (Å²) in [4.78, 5) is 15.7. The zero-order valence-electron chi connectivity index (χ0n) is 13.2. The summed E-state index contributed by atoms with van der Waals surface area (Å²) in [6.07, 6.45) is 6.69. The molecule has 6 heteroatoms. The molecule has 1 aromatic rings. The number of amides is 1. The SMILES string of the molecule is CC(=O)NC(C)(C)c1noc(CC2(CN)CCCCC2)n1. The molecule has 118 valence electrons. The fraction of sp³-hybridized carbons (Fsp3) is 0.800. The molecule has 1 saturated carbocycles. The first-order valence-electron chi connectivity index (χ1n) is 7.69. The molecule has 1 aromatic heterocycles. The van der Waals surface area contributed by atoms with E-state index in [1.165, 1.54) is 26.2 Å². The summed E-state index contributed by atoms with van der Waals surface area (Å²) in [5.41, 5.74) is 5.47. The van der Waals surface area contributed by atoms with Crippen LogP contribution in [-0.4, -0.2) is 22.6 Å². The van der Waals surface area contributed by atoms with E-state index >= 15 is 0 Å².